The summed E-state index contributed by atoms with van der Waals surface area (Å²) in [4.78, 5) is 0. The van der Waals surface area contributed by atoms with Gasteiger partial charge in [-0.3, -0.25) is 0 Å². The topological polar surface area (TPSA) is 9.23 Å². The Morgan fingerprint density at radius 3 is 2.39 bits per heavy atom. The molecule has 1 atom stereocenters. The van der Waals surface area contributed by atoms with E-state index in [2.05, 4.69) is 54.3 Å². The largest absolute Gasteiger partial charge is 0.413 e. The predicted octanol–water partition coefficient (Wildman–Crippen LogP) is 5.31. The molecule has 0 bridgehead atoms. The zero-order valence-corrected chi connectivity index (χ0v) is 14.3. The quantitative estimate of drug-likeness (QED) is 0.495. The summed E-state index contributed by atoms with van der Waals surface area (Å²) in [5.74, 6) is 0.565. The number of rotatable bonds is 4. The van der Waals surface area contributed by atoms with Crippen molar-refractivity contribution in [2.45, 2.75) is 65.6 Å². The predicted molar refractivity (Wildman–Crippen MR) is 83.4 cm³/mol. The van der Waals surface area contributed by atoms with Gasteiger partial charge < -0.3 is 4.43 Å². The molecule has 104 valence electrons. The van der Waals surface area contributed by atoms with Crippen molar-refractivity contribution >= 4 is 8.32 Å². The molecule has 1 unspecified atom stereocenters. The van der Waals surface area contributed by atoms with Gasteiger partial charge in [0.2, 0.25) is 0 Å². The fraction of sp³-hybridized carbons (Fsp3) is 0.750. The van der Waals surface area contributed by atoms with Crippen molar-refractivity contribution in [3.05, 3.63) is 23.3 Å². The summed E-state index contributed by atoms with van der Waals surface area (Å²) in [6.07, 6.45) is 2.45. The third kappa shape index (κ3) is 3.36. The molecule has 0 amide bonds. The van der Waals surface area contributed by atoms with Gasteiger partial charge in [-0.1, -0.05) is 38.5 Å². The first-order chi connectivity index (χ1) is 8.06. The molecule has 1 rings (SSSR count). The van der Waals surface area contributed by atoms with E-state index in [9.17, 15) is 0 Å². The molecule has 0 saturated heterocycles. The van der Waals surface area contributed by atoms with Crippen LogP contribution in [0.5, 0.6) is 0 Å². The lowest BCUT2D eigenvalue weighted by Crippen LogP contribution is -2.41. The zero-order valence-electron chi connectivity index (χ0n) is 13.3. The highest BCUT2D eigenvalue weighted by Crippen LogP contribution is 2.40. The normalized spacial score (nSPS) is 21.6. The minimum atomic E-state index is -1.63. The lowest BCUT2D eigenvalue weighted by Gasteiger charge is -2.37. The van der Waals surface area contributed by atoms with Gasteiger partial charge in [-0.05, 0) is 50.4 Å². The average Bonchev–Trinajstić information content (AvgIpc) is 2.55. The van der Waals surface area contributed by atoms with Crippen LogP contribution in [0.4, 0.5) is 0 Å². The van der Waals surface area contributed by atoms with E-state index < -0.39 is 8.32 Å². The van der Waals surface area contributed by atoms with E-state index in [0.717, 1.165) is 6.61 Å². The van der Waals surface area contributed by atoms with E-state index in [4.69, 9.17) is 4.43 Å². The third-order valence-corrected chi connectivity index (χ3v) is 9.24. The molecular weight excluding hydrogens is 236 g/mol. The lowest BCUT2D eigenvalue weighted by atomic mass is 9.95. The summed E-state index contributed by atoms with van der Waals surface area (Å²) < 4.78 is 6.37. The van der Waals surface area contributed by atoms with Gasteiger partial charge >= 0.3 is 0 Å². The zero-order chi connectivity index (χ0) is 14.1. The van der Waals surface area contributed by atoms with Crippen LogP contribution < -0.4 is 0 Å². The van der Waals surface area contributed by atoms with Crippen LogP contribution in [0.25, 0.3) is 0 Å². The van der Waals surface area contributed by atoms with Crippen molar-refractivity contribution < 1.29 is 4.43 Å². The summed E-state index contributed by atoms with van der Waals surface area (Å²) in [6.45, 7) is 20.9. The Morgan fingerprint density at radius 2 is 1.94 bits per heavy atom. The maximum atomic E-state index is 6.37. The standard InChI is InChI=1S/C16H30OSi/c1-12(2)14-10-9-13(3)15(14)11-17-18(7,8)16(4,5)6/h14H,1,9-11H2,2-8H3. The van der Waals surface area contributed by atoms with E-state index >= 15 is 0 Å². The number of hydrogen-bond donors (Lipinski definition) is 0. The van der Waals surface area contributed by atoms with Crippen LogP contribution in [-0.4, -0.2) is 14.9 Å². The van der Waals surface area contributed by atoms with Gasteiger partial charge in [0.05, 0.1) is 6.61 Å². The molecule has 0 aromatic rings. The summed E-state index contributed by atoms with van der Waals surface area (Å²) in [6, 6.07) is 0. The minimum absolute atomic E-state index is 0.290. The number of allylic oxidation sites excluding steroid dienone is 2. The van der Waals surface area contributed by atoms with Crippen molar-refractivity contribution in [1.29, 1.82) is 0 Å². The molecule has 0 heterocycles. The minimum Gasteiger partial charge on any atom is -0.413 e. The molecule has 1 nitrogen and oxygen atoms in total. The van der Waals surface area contributed by atoms with E-state index in [1.165, 1.54) is 29.6 Å². The maximum absolute atomic E-state index is 6.37. The Labute approximate surface area is 114 Å². The lowest BCUT2D eigenvalue weighted by molar-refractivity contribution is 0.309. The van der Waals surface area contributed by atoms with Crippen molar-refractivity contribution in [3.63, 3.8) is 0 Å². The second kappa shape index (κ2) is 5.34. The van der Waals surface area contributed by atoms with Crippen LogP contribution in [-0.2, 0) is 4.43 Å². The van der Waals surface area contributed by atoms with Gasteiger partial charge in [0.25, 0.3) is 0 Å². The van der Waals surface area contributed by atoms with E-state index in [-0.39, 0.29) is 0 Å². The molecule has 18 heavy (non-hydrogen) atoms. The van der Waals surface area contributed by atoms with Crippen LogP contribution in [0.3, 0.4) is 0 Å². The molecule has 0 aromatic carbocycles. The summed E-state index contributed by atoms with van der Waals surface area (Å²) in [7, 11) is -1.63. The molecule has 0 radical (unpaired) electrons. The Balaban J connectivity index is 2.74. The molecule has 0 aliphatic heterocycles. The van der Waals surface area contributed by atoms with E-state index in [1.54, 1.807) is 0 Å². The molecule has 0 saturated carbocycles. The van der Waals surface area contributed by atoms with Crippen molar-refractivity contribution in [1.82, 2.24) is 0 Å². The van der Waals surface area contributed by atoms with Gasteiger partial charge in [0.15, 0.2) is 8.32 Å². The molecular formula is C16H30OSi. The van der Waals surface area contributed by atoms with Crippen molar-refractivity contribution in [2.24, 2.45) is 5.92 Å². The molecule has 0 fully saturated rings. The first-order valence-electron chi connectivity index (χ1n) is 7.04. The van der Waals surface area contributed by atoms with Crippen LogP contribution in [0, 0.1) is 5.92 Å². The SMILES string of the molecule is C=C(C)C1CCC(C)=C1CO[Si](C)(C)C(C)(C)C. The molecule has 1 aliphatic rings. The van der Waals surface area contributed by atoms with E-state index in [0.29, 0.717) is 11.0 Å². The van der Waals surface area contributed by atoms with E-state index in [1.807, 2.05) is 0 Å². The van der Waals surface area contributed by atoms with Crippen LogP contribution in [0.2, 0.25) is 18.1 Å². The van der Waals surface area contributed by atoms with Crippen LogP contribution >= 0.6 is 0 Å². The van der Waals surface area contributed by atoms with Gasteiger partial charge in [-0.25, -0.2) is 0 Å². The maximum Gasteiger partial charge on any atom is 0.192 e. The summed E-state index contributed by atoms with van der Waals surface area (Å²) in [5, 5.41) is 0.290. The highest BCUT2D eigenvalue weighted by Gasteiger charge is 2.38. The highest BCUT2D eigenvalue weighted by atomic mass is 28.4. The van der Waals surface area contributed by atoms with Crippen molar-refractivity contribution in [3.8, 4) is 0 Å². The second-order valence-electron chi connectivity index (χ2n) is 7.29. The monoisotopic (exact) mass is 266 g/mol. The fourth-order valence-corrected chi connectivity index (χ4v) is 3.18. The fourth-order valence-electron chi connectivity index (χ4n) is 2.24. The number of hydrogen-bond acceptors (Lipinski definition) is 1. The van der Waals surface area contributed by atoms with Gasteiger partial charge in [0.1, 0.15) is 0 Å². The van der Waals surface area contributed by atoms with Gasteiger partial charge in [-0.2, -0.15) is 0 Å². The Bertz CT molecular complexity index is 358. The summed E-state index contributed by atoms with van der Waals surface area (Å²) >= 11 is 0. The first-order valence-corrected chi connectivity index (χ1v) is 9.95. The molecule has 0 N–H and O–H groups in total. The van der Waals surface area contributed by atoms with Crippen molar-refractivity contribution in [2.75, 3.05) is 6.61 Å². The highest BCUT2D eigenvalue weighted by molar-refractivity contribution is 6.74. The molecule has 2 heteroatoms. The molecule has 1 aliphatic carbocycles. The Morgan fingerprint density at radius 1 is 1.39 bits per heavy atom. The van der Waals surface area contributed by atoms with Gasteiger partial charge in [0, 0.05) is 5.92 Å². The smallest absolute Gasteiger partial charge is 0.192 e. The van der Waals surface area contributed by atoms with Gasteiger partial charge in [-0.15, -0.1) is 0 Å². The average molecular weight is 267 g/mol. The van der Waals surface area contributed by atoms with Crippen LogP contribution in [0.15, 0.2) is 23.3 Å². The first kappa shape index (κ1) is 15.7. The van der Waals surface area contributed by atoms with Crippen LogP contribution in [0.1, 0.15) is 47.5 Å². The Kier molecular flexibility index (Phi) is 4.66. The second-order valence-corrected chi connectivity index (χ2v) is 12.1. The molecule has 0 aromatic heterocycles. The summed E-state index contributed by atoms with van der Waals surface area (Å²) in [5.41, 5.74) is 4.33. The Hall–Kier alpha value is -0.343. The molecule has 0 spiro atoms. The third-order valence-electron chi connectivity index (χ3n) is 4.77.